The lowest BCUT2D eigenvalue weighted by Gasteiger charge is -2.08. The SMILES string of the molecule is CC(C)C(=O)Nc1ccc(C(=O)Nc2nc(-c3cc(F)ccc3F)cs2)cc1. The summed E-state index contributed by atoms with van der Waals surface area (Å²) in [5.41, 5.74) is 1.23. The van der Waals surface area contributed by atoms with E-state index in [0.717, 1.165) is 29.5 Å². The maximum Gasteiger partial charge on any atom is 0.257 e. The first-order valence-electron chi connectivity index (χ1n) is 8.46. The maximum absolute atomic E-state index is 13.9. The first-order chi connectivity index (χ1) is 13.3. The molecule has 28 heavy (non-hydrogen) atoms. The van der Waals surface area contributed by atoms with Crippen LogP contribution in [-0.4, -0.2) is 16.8 Å². The van der Waals surface area contributed by atoms with Crippen LogP contribution < -0.4 is 10.6 Å². The van der Waals surface area contributed by atoms with Gasteiger partial charge in [0.25, 0.3) is 5.91 Å². The highest BCUT2D eigenvalue weighted by Gasteiger charge is 2.14. The summed E-state index contributed by atoms with van der Waals surface area (Å²) in [6.45, 7) is 3.57. The summed E-state index contributed by atoms with van der Waals surface area (Å²) in [5, 5.41) is 7.17. The first kappa shape index (κ1) is 19.6. The molecule has 2 N–H and O–H groups in total. The molecule has 0 spiro atoms. The average molecular weight is 401 g/mol. The highest BCUT2D eigenvalue weighted by molar-refractivity contribution is 7.14. The smallest absolute Gasteiger partial charge is 0.257 e. The molecule has 0 aliphatic rings. The Balaban J connectivity index is 1.69. The van der Waals surface area contributed by atoms with Gasteiger partial charge in [-0.2, -0.15) is 0 Å². The van der Waals surface area contributed by atoms with Crippen molar-refractivity contribution in [2.24, 2.45) is 5.92 Å². The van der Waals surface area contributed by atoms with Gasteiger partial charge in [-0.3, -0.25) is 14.9 Å². The second-order valence-corrected chi connectivity index (χ2v) is 7.20. The number of amides is 2. The normalized spacial score (nSPS) is 10.8. The highest BCUT2D eigenvalue weighted by Crippen LogP contribution is 2.28. The van der Waals surface area contributed by atoms with Gasteiger partial charge in [-0.15, -0.1) is 11.3 Å². The van der Waals surface area contributed by atoms with Crippen LogP contribution >= 0.6 is 11.3 Å². The Morgan fingerprint density at radius 2 is 1.75 bits per heavy atom. The van der Waals surface area contributed by atoms with Crippen LogP contribution in [0.15, 0.2) is 47.8 Å². The van der Waals surface area contributed by atoms with Crippen LogP contribution in [0.5, 0.6) is 0 Å². The summed E-state index contributed by atoms with van der Waals surface area (Å²) in [5.74, 6) is -1.83. The molecule has 0 atom stereocenters. The minimum atomic E-state index is -0.594. The second-order valence-electron chi connectivity index (χ2n) is 6.34. The Bertz CT molecular complexity index is 1020. The third-order valence-corrected chi connectivity index (χ3v) is 4.63. The van der Waals surface area contributed by atoms with Gasteiger partial charge in [0.2, 0.25) is 5.91 Å². The Kier molecular flexibility index (Phi) is 5.79. The van der Waals surface area contributed by atoms with Crippen molar-refractivity contribution in [1.82, 2.24) is 4.98 Å². The highest BCUT2D eigenvalue weighted by atomic mass is 32.1. The molecule has 144 valence electrons. The van der Waals surface area contributed by atoms with Gasteiger partial charge in [-0.05, 0) is 42.5 Å². The maximum atomic E-state index is 13.9. The Morgan fingerprint density at radius 3 is 2.43 bits per heavy atom. The number of nitrogens with one attached hydrogen (secondary N) is 2. The number of carbonyl (C=O) groups is 2. The standard InChI is InChI=1S/C20H17F2N3O2S/c1-11(2)18(26)23-14-6-3-12(4-7-14)19(27)25-20-24-17(10-28-20)15-9-13(21)5-8-16(15)22/h3-11H,1-2H3,(H,23,26)(H,24,25,27). The summed E-state index contributed by atoms with van der Waals surface area (Å²) in [6.07, 6.45) is 0. The summed E-state index contributed by atoms with van der Waals surface area (Å²) < 4.78 is 27.2. The number of nitrogens with zero attached hydrogens (tertiary/aromatic N) is 1. The predicted molar refractivity (Wildman–Crippen MR) is 105 cm³/mol. The molecule has 1 heterocycles. The van der Waals surface area contributed by atoms with Gasteiger partial charge in [-0.25, -0.2) is 13.8 Å². The van der Waals surface area contributed by atoms with E-state index in [1.165, 1.54) is 5.38 Å². The van der Waals surface area contributed by atoms with Gasteiger partial charge in [-0.1, -0.05) is 13.8 Å². The zero-order valence-electron chi connectivity index (χ0n) is 15.1. The van der Waals surface area contributed by atoms with Crippen LogP contribution in [0, 0.1) is 17.6 Å². The van der Waals surface area contributed by atoms with E-state index in [9.17, 15) is 18.4 Å². The number of benzene rings is 2. The minimum Gasteiger partial charge on any atom is -0.326 e. The third kappa shape index (κ3) is 4.58. The van der Waals surface area contributed by atoms with Crippen molar-refractivity contribution in [1.29, 1.82) is 0 Å². The molecule has 2 aromatic carbocycles. The largest absolute Gasteiger partial charge is 0.326 e. The molecule has 0 unspecified atom stereocenters. The Hall–Kier alpha value is -3.13. The fourth-order valence-corrected chi connectivity index (χ4v) is 3.02. The van der Waals surface area contributed by atoms with Gasteiger partial charge >= 0.3 is 0 Å². The van der Waals surface area contributed by atoms with E-state index in [0.29, 0.717) is 11.3 Å². The van der Waals surface area contributed by atoms with Gasteiger partial charge in [0.1, 0.15) is 11.6 Å². The van der Waals surface area contributed by atoms with Crippen LogP contribution in [0.4, 0.5) is 19.6 Å². The lowest BCUT2D eigenvalue weighted by atomic mass is 10.1. The molecule has 0 aliphatic heterocycles. The number of halogens is 2. The topological polar surface area (TPSA) is 71.1 Å². The van der Waals surface area contributed by atoms with Gasteiger partial charge in [0, 0.05) is 28.1 Å². The zero-order valence-corrected chi connectivity index (χ0v) is 15.9. The molecule has 0 radical (unpaired) electrons. The van der Waals surface area contributed by atoms with Crippen molar-refractivity contribution in [3.05, 3.63) is 65.0 Å². The fraction of sp³-hybridized carbons (Fsp3) is 0.150. The van der Waals surface area contributed by atoms with Crippen LogP contribution in [0.1, 0.15) is 24.2 Å². The second kappa shape index (κ2) is 8.26. The quantitative estimate of drug-likeness (QED) is 0.636. The first-order valence-corrected chi connectivity index (χ1v) is 9.34. The van der Waals surface area contributed by atoms with E-state index in [4.69, 9.17) is 0 Å². The van der Waals surface area contributed by atoms with Crippen molar-refractivity contribution < 1.29 is 18.4 Å². The molecule has 0 aliphatic carbocycles. The number of carbonyl (C=O) groups excluding carboxylic acids is 2. The van der Waals surface area contributed by atoms with Crippen LogP contribution in [0.25, 0.3) is 11.3 Å². The number of hydrogen-bond acceptors (Lipinski definition) is 4. The molecule has 0 saturated carbocycles. The Morgan fingerprint density at radius 1 is 1.04 bits per heavy atom. The number of thiazole rings is 1. The number of aromatic nitrogens is 1. The van der Waals surface area contributed by atoms with E-state index in [2.05, 4.69) is 15.6 Å². The van der Waals surface area contributed by atoms with Crippen molar-refractivity contribution in [2.45, 2.75) is 13.8 Å². The molecule has 1 aromatic heterocycles. The monoisotopic (exact) mass is 401 g/mol. The molecule has 3 rings (SSSR count). The number of rotatable bonds is 5. The molecule has 2 amide bonds. The van der Waals surface area contributed by atoms with Crippen molar-refractivity contribution in [3.8, 4) is 11.3 Å². The summed E-state index contributed by atoms with van der Waals surface area (Å²) in [4.78, 5) is 28.2. The number of anilines is 2. The lowest BCUT2D eigenvalue weighted by Crippen LogP contribution is -2.18. The zero-order chi connectivity index (χ0) is 20.3. The molecular weight excluding hydrogens is 384 g/mol. The van der Waals surface area contributed by atoms with Gasteiger partial charge < -0.3 is 5.32 Å². The van der Waals surface area contributed by atoms with Crippen molar-refractivity contribution in [2.75, 3.05) is 10.6 Å². The predicted octanol–water partition coefficient (Wildman–Crippen LogP) is 4.94. The summed E-state index contributed by atoms with van der Waals surface area (Å²) >= 11 is 1.11. The summed E-state index contributed by atoms with van der Waals surface area (Å²) in [6, 6.07) is 9.52. The summed E-state index contributed by atoms with van der Waals surface area (Å²) in [7, 11) is 0. The molecule has 8 heteroatoms. The average Bonchev–Trinajstić information content (AvgIpc) is 3.12. The molecule has 0 fully saturated rings. The Labute approximate surface area is 164 Å². The molecule has 0 bridgehead atoms. The van der Waals surface area contributed by atoms with Gasteiger partial charge in [0.05, 0.1) is 5.69 Å². The van der Waals surface area contributed by atoms with Gasteiger partial charge in [0.15, 0.2) is 5.13 Å². The van der Waals surface area contributed by atoms with Crippen LogP contribution in [0.3, 0.4) is 0 Å². The van der Waals surface area contributed by atoms with Crippen LogP contribution in [-0.2, 0) is 4.79 Å². The van der Waals surface area contributed by atoms with E-state index in [1.807, 2.05) is 0 Å². The van der Waals surface area contributed by atoms with Crippen molar-refractivity contribution in [3.63, 3.8) is 0 Å². The lowest BCUT2D eigenvalue weighted by molar-refractivity contribution is -0.118. The van der Waals surface area contributed by atoms with E-state index >= 15 is 0 Å². The number of hydrogen-bond donors (Lipinski definition) is 2. The third-order valence-electron chi connectivity index (χ3n) is 3.87. The molecule has 5 nitrogen and oxygen atoms in total. The van der Waals surface area contributed by atoms with E-state index in [-0.39, 0.29) is 28.2 Å². The van der Waals surface area contributed by atoms with Crippen molar-refractivity contribution >= 4 is 34.0 Å². The van der Waals surface area contributed by atoms with Crippen LogP contribution in [0.2, 0.25) is 0 Å². The molecule has 3 aromatic rings. The fourth-order valence-electron chi connectivity index (χ4n) is 2.31. The molecule has 0 saturated heterocycles. The van der Waals surface area contributed by atoms with E-state index in [1.54, 1.807) is 38.1 Å². The minimum absolute atomic E-state index is 0.0296. The van der Waals surface area contributed by atoms with E-state index < -0.39 is 17.5 Å². The molecular formula is C20H17F2N3O2S.